The second-order valence-corrected chi connectivity index (χ2v) is 4.59. The molecule has 18 heavy (non-hydrogen) atoms. The first-order chi connectivity index (χ1) is 8.50. The smallest absolute Gasteiger partial charge is 0.246 e. The zero-order chi connectivity index (χ0) is 13.2. The van der Waals surface area contributed by atoms with Crippen LogP contribution in [0.2, 0.25) is 0 Å². The molecule has 0 aromatic heterocycles. The van der Waals surface area contributed by atoms with Gasteiger partial charge in [0, 0.05) is 25.6 Å². The highest BCUT2D eigenvalue weighted by atomic mass is 16.7. The van der Waals surface area contributed by atoms with Crippen molar-refractivity contribution < 1.29 is 14.3 Å². The second kappa shape index (κ2) is 4.86. The molecule has 0 atom stereocenters. The Morgan fingerprint density at radius 2 is 2.00 bits per heavy atom. The molecular formula is C13H18N2O3. The Morgan fingerprint density at radius 1 is 1.28 bits per heavy atom. The lowest BCUT2D eigenvalue weighted by Crippen LogP contribution is -2.29. The molecule has 98 valence electrons. The number of anilines is 1. The summed E-state index contributed by atoms with van der Waals surface area (Å²) in [6.07, 6.45) is 0. The number of carbonyl (C=O) groups excluding carboxylic acids is 1. The van der Waals surface area contributed by atoms with Crippen molar-refractivity contribution in [1.29, 1.82) is 0 Å². The monoisotopic (exact) mass is 250 g/mol. The molecule has 1 aromatic rings. The lowest BCUT2D eigenvalue weighted by molar-refractivity contribution is -0.115. The summed E-state index contributed by atoms with van der Waals surface area (Å²) in [6, 6.07) is 5.37. The van der Waals surface area contributed by atoms with E-state index >= 15 is 0 Å². The lowest BCUT2D eigenvalue weighted by Gasteiger charge is -2.16. The van der Waals surface area contributed by atoms with Gasteiger partial charge in [-0.25, -0.2) is 0 Å². The summed E-state index contributed by atoms with van der Waals surface area (Å²) in [4.78, 5) is 11.6. The summed E-state index contributed by atoms with van der Waals surface area (Å²) >= 11 is 0. The van der Waals surface area contributed by atoms with Gasteiger partial charge in [0.25, 0.3) is 0 Å². The summed E-state index contributed by atoms with van der Waals surface area (Å²) in [5.41, 5.74) is 0.706. The lowest BCUT2D eigenvalue weighted by atomic mass is 10.3. The molecular weight excluding hydrogens is 232 g/mol. The quantitative estimate of drug-likeness (QED) is 0.854. The van der Waals surface area contributed by atoms with Gasteiger partial charge in [-0.2, -0.15) is 0 Å². The number of ether oxygens (including phenoxy) is 2. The Labute approximate surface area is 106 Å². The molecule has 5 nitrogen and oxygen atoms in total. The van der Waals surface area contributed by atoms with Crippen LogP contribution in [0.15, 0.2) is 18.2 Å². The van der Waals surface area contributed by atoms with E-state index in [2.05, 4.69) is 10.6 Å². The third-order valence-corrected chi connectivity index (χ3v) is 2.47. The van der Waals surface area contributed by atoms with Crippen molar-refractivity contribution >= 4 is 11.6 Å². The largest absolute Gasteiger partial charge is 0.449 e. The molecule has 0 spiro atoms. The maximum Gasteiger partial charge on any atom is 0.246 e. The molecule has 2 rings (SSSR count). The van der Waals surface area contributed by atoms with Crippen LogP contribution >= 0.6 is 0 Å². The van der Waals surface area contributed by atoms with Crippen LogP contribution < -0.4 is 20.1 Å². The minimum atomic E-state index is -0.644. The second-order valence-electron chi connectivity index (χ2n) is 4.59. The van der Waals surface area contributed by atoms with E-state index in [-0.39, 0.29) is 5.91 Å². The Bertz CT molecular complexity index is 458. The van der Waals surface area contributed by atoms with Crippen LogP contribution in [0.5, 0.6) is 11.5 Å². The van der Waals surface area contributed by atoms with Gasteiger partial charge in [-0.05, 0) is 18.7 Å². The van der Waals surface area contributed by atoms with Crippen molar-refractivity contribution in [3.63, 3.8) is 0 Å². The first kappa shape index (κ1) is 12.7. The average molecular weight is 250 g/mol. The molecule has 1 aliphatic heterocycles. The van der Waals surface area contributed by atoms with Gasteiger partial charge in [-0.3, -0.25) is 4.79 Å². The van der Waals surface area contributed by atoms with Crippen LogP contribution in [0.25, 0.3) is 0 Å². The van der Waals surface area contributed by atoms with E-state index < -0.39 is 5.79 Å². The number of amides is 1. The topological polar surface area (TPSA) is 59.6 Å². The number of fused-ring (bicyclic) bond motifs is 1. The van der Waals surface area contributed by atoms with E-state index in [0.29, 0.717) is 23.7 Å². The fourth-order valence-electron chi connectivity index (χ4n) is 1.74. The third-order valence-electron chi connectivity index (χ3n) is 2.47. The molecule has 0 unspecified atom stereocenters. The van der Waals surface area contributed by atoms with Gasteiger partial charge >= 0.3 is 0 Å². The normalized spacial score (nSPS) is 15.5. The van der Waals surface area contributed by atoms with Crippen molar-refractivity contribution in [2.45, 2.75) is 26.6 Å². The van der Waals surface area contributed by atoms with E-state index in [4.69, 9.17) is 9.47 Å². The van der Waals surface area contributed by atoms with Gasteiger partial charge in [0.15, 0.2) is 11.5 Å². The van der Waals surface area contributed by atoms with Gasteiger partial charge in [0.05, 0.1) is 6.54 Å². The molecule has 0 bridgehead atoms. The first-order valence-electron chi connectivity index (χ1n) is 6.03. The number of carbonyl (C=O) groups is 1. The minimum Gasteiger partial charge on any atom is -0.449 e. The van der Waals surface area contributed by atoms with E-state index in [0.717, 1.165) is 6.54 Å². The molecule has 1 amide bonds. The van der Waals surface area contributed by atoms with E-state index in [1.807, 2.05) is 20.8 Å². The van der Waals surface area contributed by atoms with Crippen molar-refractivity contribution in [2.24, 2.45) is 0 Å². The Hall–Kier alpha value is -1.75. The van der Waals surface area contributed by atoms with Gasteiger partial charge < -0.3 is 20.1 Å². The third kappa shape index (κ3) is 2.92. The highest BCUT2D eigenvalue weighted by Crippen LogP contribution is 2.40. The van der Waals surface area contributed by atoms with Crippen LogP contribution in [-0.4, -0.2) is 24.8 Å². The summed E-state index contributed by atoms with van der Waals surface area (Å²) in [7, 11) is 0. The van der Waals surface area contributed by atoms with Gasteiger partial charge in [-0.15, -0.1) is 0 Å². The van der Waals surface area contributed by atoms with Gasteiger partial charge in [-0.1, -0.05) is 6.92 Å². The van der Waals surface area contributed by atoms with Crippen LogP contribution in [-0.2, 0) is 4.79 Å². The van der Waals surface area contributed by atoms with Crippen LogP contribution in [0, 0.1) is 0 Å². The van der Waals surface area contributed by atoms with Crippen molar-refractivity contribution in [1.82, 2.24) is 5.32 Å². The van der Waals surface area contributed by atoms with Crippen LogP contribution in [0.3, 0.4) is 0 Å². The van der Waals surface area contributed by atoms with Crippen molar-refractivity contribution in [2.75, 3.05) is 18.4 Å². The van der Waals surface area contributed by atoms with Crippen LogP contribution in [0.1, 0.15) is 20.8 Å². The Kier molecular flexibility index (Phi) is 3.43. The number of nitrogens with one attached hydrogen (secondary N) is 2. The summed E-state index contributed by atoms with van der Waals surface area (Å²) < 4.78 is 11.2. The zero-order valence-electron chi connectivity index (χ0n) is 10.9. The number of hydrogen-bond donors (Lipinski definition) is 2. The number of benzene rings is 1. The zero-order valence-corrected chi connectivity index (χ0v) is 10.9. The molecule has 2 N–H and O–H groups in total. The number of likely N-dealkylation sites (N-methyl/N-ethyl adjacent to an activating group) is 1. The van der Waals surface area contributed by atoms with Crippen molar-refractivity contribution in [3.8, 4) is 11.5 Å². The molecule has 1 aliphatic rings. The highest BCUT2D eigenvalue weighted by Gasteiger charge is 2.31. The minimum absolute atomic E-state index is 0.0741. The fourth-order valence-corrected chi connectivity index (χ4v) is 1.74. The molecule has 0 fully saturated rings. The molecule has 5 heteroatoms. The molecule has 0 radical (unpaired) electrons. The van der Waals surface area contributed by atoms with E-state index in [9.17, 15) is 4.79 Å². The van der Waals surface area contributed by atoms with Gasteiger partial charge in [0.2, 0.25) is 11.7 Å². The van der Waals surface area contributed by atoms with E-state index in [1.54, 1.807) is 18.2 Å². The molecule has 0 saturated carbocycles. The van der Waals surface area contributed by atoms with Gasteiger partial charge in [0.1, 0.15) is 0 Å². The summed E-state index contributed by atoms with van der Waals surface area (Å²) in [5, 5.41) is 5.76. The highest BCUT2D eigenvalue weighted by molar-refractivity contribution is 5.92. The fraction of sp³-hybridized carbons (Fsp3) is 0.462. The number of rotatable bonds is 4. The summed E-state index contributed by atoms with van der Waals surface area (Å²) in [6.45, 7) is 6.71. The maximum absolute atomic E-state index is 11.6. The first-order valence-corrected chi connectivity index (χ1v) is 6.03. The summed E-state index contributed by atoms with van der Waals surface area (Å²) in [5.74, 6) is 0.635. The maximum atomic E-state index is 11.6. The molecule has 0 aliphatic carbocycles. The van der Waals surface area contributed by atoms with E-state index in [1.165, 1.54) is 0 Å². The Balaban J connectivity index is 2.03. The number of hydrogen-bond acceptors (Lipinski definition) is 4. The van der Waals surface area contributed by atoms with Crippen molar-refractivity contribution in [3.05, 3.63) is 18.2 Å². The standard InChI is InChI=1S/C13H18N2O3/c1-4-14-8-12(16)15-9-5-6-10-11(7-9)18-13(2,3)17-10/h5-7,14H,4,8H2,1-3H3,(H,15,16). The molecule has 1 heterocycles. The predicted molar refractivity (Wildman–Crippen MR) is 69.0 cm³/mol. The Morgan fingerprint density at radius 3 is 2.72 bits per heavy atom. The molecule has 1 aromatic carbocycles. The average Bonchev–Trinajstić information content (AvgIpc) is 2.59. The molecule has 0 saturated heterocycles. The van der Waals surface area contributed by atoms with Crippen LogP contribution in [0.4, 0.5) is 5.69 Å². The SMILES string of the molecule is CCNCC(=O)Nc1ccc2c(c1)OC(C)(C)O2. The predicted octanol–water partition coefficient (Wildman–Crippen LogP) is 1.74.